The smallest absolute Gasteiger partial charge is 0.227 e. The first-order valence-electron chi connectivity index (χ1n) is 9.88. The molecule has 0 unspecified atom stereocenters. The first kappa shape index (κ1) is 17.8. The van der Waals surface area contributed by atoms with Crippen LogP contribution in [0.15, 0.2) is 57.6 Å². The molecule has 6 nitrogen and oxygen atoms in total. The summed E-state index contributed by atoms with van der Waals surface area (Å²) in [7, 11) is 1.62. The number of likely N-dealkylation sites (tertiary alicyclic amines) is 1. The zero-order valence-electron chi connectivity index (χ0n) is 16.3. The van der Waals surface area contributed by atoms with Crippen molar-refractivity contribution < 1.29 is 18.4 Å². The third kappa shape index (κ3) is 3.35. The number of piperidine rings is 1. The van der Waals surface area contributed by atoms with E-state index >= 15 is 0 Å². The van der Waals surface area contributed by atoms with E-state index in [1.165, 1.54) is 0 Å². The Morgan fingerprint density at radius 1 is 1.17 bits per heavy atom. The minimum Gasteiger partial charge on any atom is -0.497 e. The minimum absolute atomic E-state index is 0.125. The molecule has 0 saturated carbocycles. The number of carbonyl (C=O) groups excluding carboxylic acids is 1. The van der Waals surface area contributed by atoms with Crippen molar-refractivity contribution in [3.8, 4) is 5.75 Å². The van der Waals surface area contributed by atoms with Gasteiger partial charge in [0.25, 0.3) is 0 Å². The lowest BCUT2D eigenvalue weighted by atomic mass is 9.96. The van der Waals surface area contributed by atoms with E-state index in [0.29, 0.717) is 19.5 Å². The SMILES string of the molecule is COc1ccc2c(CC(=O)N3CCC(c4nc5ccccc5o4)CC3)coc2c1. The van der Waals surface area contributed by atoms with Gasteiger partial charge in [-0.05, 0) is 37.1 Å². The lowest BCUT2D eigenvalue weighted by molar-refractivity contribution is -0.131. The van der Waals surface area contributed by atoms with E-state index in [9.17, 15) is 4.79 Å². The van der Waals surface area contributed by atoms with Crippen molar-refractivity contribution >= 4 is 28.0 Å². The molecule has 5 rings (SSSR count). The summed E-state index contributed by atoms with van der Waals surface area (Å²) in [4.78, 5) is 19.4. The van der Waals surface area contributed by atoms with Crippen LogP contribution < -0.4 is 4.74 Å². The summed E-state index contributed by atoms with van der Waals surface area (Å²) in [5, 5.41) is 0.959. The van der Waals surface area contributed by atoms with Crippen LogP contribution in [0, 0.1) is 0 Å². The van der Waals surface area contributed by atoms with E-state index in [-0.39, 0.29) is 11.8 Å². The highest BCUT2D eigenvalue weighted by Gasteiger charge is 2.27. The lowest BCUT2D eigenvalue weighted by Gasteiger charge is -2.30. The van der Waals surface area contributed by atoms with Crippen LogP contribution in [-0.4, -0.2) is 36.0 Å². The second kappa shape index (κ2) is 7.28. The molecule has 0 N–H and O–H groups in total. The normalized spacial score (nSPS) is 15.3. The fourth-order valence-corrected chi connectivity index (χ4v) is 4.04. The largest absolute Gasteiger partial charge is 0.497 e. The summed E-state index contributed by atoms with van der Waals surface area (Å²) in [5.41, 5.74) is 3.37. The average Bonchev–Trinajstić information content (AvgIpc) is 3.37. The van der Waals surface area contributed by atoms with Gasteiger partial charge in [0.05, 0.1) is 19.8 Å². The zero-order chi connectivity index (χ0) is 19.8. The number of carbonyl (C=O) groups is 1. The highest BCUT2D eigenvalue weighted by molar-refractivity contribution is 5.88. The number of hydrogen-bond donors (Lipinski definition) is 0. The summed E-state index contributed by atoms with van der Waals surface area (Å²) < 4.78 is 16.8. The van der Waals surface area contributed by atoms with Gasteiger partial charge in [-0.3, -0.25) is 4.79 Å². The number of hydrogen-bond acceptors (Lipinski definition) is 5. The summed E-state index contributed by atoms with van der Waals surface area (Å²) in [5.74, 6) is 1.91. The van der Waals surface area contributed by atoms with Crippen molar-refractivity contribution in [3.05, 3.63) is 60.2 Å². The summed E-state index contributed by atoms with van der Waals surface area (Å²) in [6, 6.07) is 13.5. The van der Waals surface area contributed by atoms with Gasteiger partial charge in [-0.2, -0.15) is 0 Å². The van der Waals surface area contributed by atoms with Gasteiger partial charge in [-0.15, -0.1) is 0 Å². The Hall–Kier alpha value is -3.28. The predicted molar refractivity (Wildman–Crippen MR) is 109 cm³/mol. The van der Waals surface area contributed by atoms with Crippen molar-refractivity contribution in [2.75, 3.05) is 20.2 Å². The molecule has 2 aromatic heterocycles. The number of methoxy groups -OCH3 is 1. The van der Waals surface area contributed by atoms with Crippen LogP contribution in [-0.2, 0) is 11.2 Å². The Bertz CT molecular complexity index is 1140. The number of fused-ring (bicyclic) bond motifs is 2. The topological polar surface area (TPSA) is 68.7 Å². The maximum Gasteiger partial charge on any atom is 0.227 e. The van der Waals surface area contributed by atoms with E-state index in [0.717, 1.165) is 52.1 Å². The summed E-state index contributed by atoms with van der Waals surface area (Å²) in [6.07, 6.45) is 3.74. The third-order valence-electron chi connectivity index (χ3n) is 5.71. The monoisotopic (exact) mass is 390 g/mol. The molecule has 0 atom stereocenters. The van der Waals surface area contributed by atoms with Gasteiger partial charge < -0.3 is 18.5 Å². The quantitative estimate of drug-likeness (QED) is 0.512. The molecule has 29 heavy (non-hydrogen) atoms. The second-order valence-electron chi connectivity index (χ2n) is 7.47. The Morgan fingerprint density at radius 3 is 2.79 bits per heavy atom. The average molecular weight is 390 g/mol. The molecule has 2 aromatic carbocycles. The fourth-order valence-electron chi connectivity index (χ4n) is 4.04. The highest BCUT2D eigenvalue weighted by atomic mass is 16.5. The Morgan fingerprint density at radius 2 is 2.00 bits per heavy atom. The van der Waals surface area contributed by atoms with Crippen molar-refractivity contribution in [2.24, 2.45) is 0 Å². The molecule has 1 fully saturated rings. The molecule has 1 amide bonds. The Labute approximate surface area is 168 Å². The van der Waals surface area contributed by atoms with E-state index < -0.39 is 0 Å². The molecular formula is C23H22N2O4. The van der Waals surface area contributed by atoms with Gasteiger partial charge in [-0.25, -0.2) is 4.98 Å². The van der Waals surface area contributed by atoms with Crippen LogP contribution in [0.3, 0.4) is 0 Å². The van der Waals surface area contributed by atoms with Gasteiger partial charge >= 0.3 is 0 Å². The molecular weight excluding hydrogens is 368 g/mol. The molecule has 148 valence electrons. The van der Waals surface area contributed by atoms with Crippen molar-refractivity contribution in [3.63, 3.8) is 0 Å². The number of benzene rings is 2. The van der Waals surface area contributed by atoms with Gasteiger partial charge in [0.1, 0.15) is 16.8 Å². The molecule has 0 spiro atoms. The van der Waals surface area contributed by atoms with Crippen LogP contribution in [0.1, 0.15) is 30.2 Å². The Kier molecular flexibility index (Phi) is 4.46. The minimum atomic E-state index is 0.125. The molecule has 0 aliphatic carbocycles. The summed E-state index contributed by atoms with van der Waals surface area (Å²) in [6.45, 7) is 1.43. The first-order chi connectivity index (χ1) is 14.2. The third-order valence-corrected chi connectivity index (χ3v) is 5.71. The molecule has 0 radical (unpaired) electrons. The number of ether oxygens (including phenoxy) is 1. The number of oxazole rings is 1. The van der Waals surface area contributed by atoms with Gasteiger partial charge in [0.2, 0.25) is 5.91 Å². The number of amides is 1. The predicted octanol–water partition coefficient (Wildman–Crippen LogP) is 4.53. The molecule has 3 heterocycles. The van der Waals surface area contributed by atoms with Gasteiger partial charge in [-0.1, -0.05) is 12.1 Å². The maximum absolute atomic E-state index is 12.8. The van der Waals surface area contributed by atoms with E-state index in [1.54, 1.807) is 13.4 Å². The highest BCUT2D eigenvalue weighted by Crippen LogP contribution is 2.31. The fraction of sp³-hybridized carbons (Fsp3) is 0.304. The van der Waals surface area contributed by atoms with Crippen molar-refractivity contribution in [1.29, 1.82) is 0 Å². The van der Waals surface area contributed by atoms with Gasteiger partial charge in [0, 0.05) is 36.0 Å². The van der Waals surface area contributed by atoms with Crippen molar-refractivity contribution in [2.45, 2.75) is 25.2 Å². The van der Waals surface area contributed by atoms with Crippen LogP contribution in [0.5, 0.6) is 5.75 Å². The number of rotatable bonds is 4. The zero-order valence-corrected chi connectivity index (χ0v) is 16.3. The van der Waals surface area contributed by atoms with E-state index in [4.69, 9.17) is 13.6 Å². The molecule has 6 heteroatoms. The van der Waals surface area contributed by atoms with Crippen LogP contribution in [0.4, 0.5) is 0 Å². The number of nitrogens with zero attached hydrogens (tertiary/aromatic N) is 2. The van der Waals surface area contributed by atoms with E-state index in [2.05, 4.69) is 4.98 Å². The van der Waals surface area contributed by atoms with Crippen LogP contribution in [0.25, 0.3) is 22.1 Å². The summed E-state index contributed by atoms with van der Waals surface area (Å²) >= 11 is 0. The lowest BCUT2D eigenvalue weighted by Crippen LogP contribution is -2.38. The molecule has 1 saturated heterocycles. The van der Waals surface area contributed by atoms with E-state index in [1.807, 2.05) is 47.4 Å². The second-order valence-corrected chi connectivity index (χ2v) is 7.47. The molecule has 4 aromatic rings. The maximum atomic E-state index is 12.8. The number of furan rings is 1. The first-order valence-corrected chi connectivity index (χ1v) is 9.88. The van der Waals surface area contributed by atoms with Crippen molar-refractivity contribution in [1.82, 2.24) is 9.88 Å². The van der Waals surface area contributed by atoms with Crippen LogP contribution >= 0.6 is 0 Å². The van der Waals surface area contributed by atoms with Gasteiger partial charge in [0.15, 0.2) is 11.5 Å². The molecule has 1 aliphatic rings. The standard InChI is InChI=1S/C23H22N2O4/c1-27-17-6-7-18-16(14-28-21(18)13-17)12-22(26)25-10-8-15(9-11-25)23-24-19-4-2-3-5-20(19)29-23/h2-7,13-15H,8-12H2,1H3. The molecule has 1 aliphatic heterocycles. The molecule has 0 bridgehead atoms. The Balaban J connectivity index is 1.24. The number of para-hydroxylation sites is 2. The number of aromatic nitrogens is 1. The van der Waals surface area contributed by atoms with Crippen LogP contribution in [0.2, 0.25) is 0 Å².